The Kier molecular flexibility index (Phi) is 3.43. The molecule has 2 fully saturated rings. The van der Waals surface area contributed by atoms with Gasteiger partial charge in [-0.05, 0) is 55.5 Å². The van der Waals surface area contributed by atoms with Gasteiger partial charge >= 0.3 is 0 Å². The Morgan fingerprint density at radius 1 is 1.33 bits per heavy atom. The second kappa shape index (κ2) is 5.05. The number of hydrogen-bond donors (Lipinski definition) is 3. The lowest BCUT2D eigenvalue weighted by Gasteiger charge is -2.26. The largest absolute Gasteiger partial charge is 0.393 e. The van der Waals surface area contributed by atoms with Crippen LogP contribution in [0.25, 0.3) is 0 Å². The molecule has 1 heterocycles. The Bertz CT molecular complexity index is 416. The van der Waals surface area contributed by atoms with E-state index in [4.69, 9.17) is 5.73 Å². The molecular formula is C13H21N3OS. The fraction of sp³-hybridized carbons (Fsp3) is 0.769. The molecule has 18 heavy (non-hydrogen) atoms. The van der Waals surface area contributed by atoms with Crippen molar-refractivity contribution < 1.29 is 5.11 Å². The molecule has 4 N–H and O–H groups in total. The van der Waals surface area contributed by atoms with Crippen LogP contribution in [-0.2, 0) is 0 Å². The number of aromatic nitrogens is 1. The third kappa shape index (κ3) is 2.62. The first kappa shape index (κ1) is 12.2. The first-order valence-corrected chi connectivity index (χ1v) is 7.68. The van der Waals surface area contributed by atoms with E-state index in [9.17, 15) is 5.11 Å². The second-order valence-corrected chi connectivity index (χ2v) is 6.43. The van der Waals surface area contributed by atoms with Crippen molar-refractivity contribution in [3.63, 3.8) is 0 Å². The van der Waals surface area contributed by atoms with Gasteiger partial charge in [0.1, 0.15) is 10.8 Å². The zero-order valence-electron chi connectivity index (χ0n) is 10.6. The van der Waals surface area contributed by atoms with Gasteiger partial charge in [0.05, 0.1) is 6.10 Å². The zero-order valence-corrected chi connectivity index (χ0v) is 11.4. The van der Waals surface area contributed by atoms with Crippen LogP contribution in [0.2, 0.25) is 0 Å². The lowest BCUT2D eigenvalue weighted by atomic mass is 9.87. The molecule has 100 valence electrons. The number of hydrogen-bond acceptors (Lipinski definition) is 5. The van der Waals surface area contributed by atoms with Gasteiger partial charge in [0.2, 0.25) is 0 Å². The van der Waals surface area contributed by atoms with Crippen molar-refractivity contribution in [3.8, 4) is 0 Å². The van der Waals surface area contributed by atoms with Crippen molar-refractivity contribution in [1.29, 1.82) is 0 Å². The lowest BCUT2D eigenvalue weighted by molar-refractivity contribution is 0.105. The molecule has 2 aliphatic rings. The number of rotatable bonds is 4. The minimum absolute atomic E-state index is 0.0972. The predicted molar refractivity (Wildman–Crippen MR) is 75.0 cm³/mol. The smallest absolute Gasteiger partial charge is 0.142 e. The Hall–Kier alpha value is -0.810. The number of nitrogens with one attached hydrogen (secondary N) is 1. The predicted octanol–water partition coefficient (Wildman–Crippen LogP) is 2.57. The highest BCUT2D eigenvalue weighted by atomic mass is 32.1. The molecule has 0 amide bonds. The van der Waals surface area contributed by atoms with Gasteiger partial charge in [-0.1, -0.05) is 6.42 Å². The lowest BCUT2D eigenvalue weighted by Crippen LogP contribution is -2.25. The summed E-state index contributed by atoms with van der Waals surface area (Å²) in [6.07, 6.45) is 6.67. The third-order valence-electron chi connectivity index (χ3n) is 4.05. The van der Waals surface area contributed by atoms with E-state index in [-0.39, 0.29) is 6.10 Å². The molecular weight excluding hydrogens is 246 g/mol. The monoisotopic (exact) mass is 267 g/mol. The van der Waals surface area contributed by atoms with E-state index < -0.39 is 0 Å². The summed E-state index contributed by atoms with van der Waals surface area (Å²) in [7, 11) is 0. The fourth-order valence-corrected chi connectivity index (χ4v) is 3.69. The van der Waals surface area contributed by atoms with E-state index in [0.29, 0.717) is 17.7 Å². The summed E-state index contributed by atoms with van der Waals surface area (Å²) in [5, 5.41) is 14.3. The maximum Gasteiger partial charge on any atom is 0.142 e. The first-order chi connectivity index (χ1) is 8.74. The molecule has 2 atom stereocenters. The summed E-state index contributed by atoms with van der Waals surface area (Å²) in [5.74, 6) is 1.95. The Balaban J connectivity index is 1.59. The van der Waals surface area contributed by atoms with Crippen LogP contribution in [0.15, 0.2) is 0 Å². The Morgan fingerprint density at radius 3 is 2.89 bits per heavy atom. The van der Waals surface area contributed by atoms with Crippen molar-refractivity contribution in [2.45, 2.75) is 50.5 Å². The van der Waals surface area contributed by atoms with Crippen LogP contribution in [0.1, 0.15) is 50.0 Å². The zero-order chi connectivity index (χ0) is 12.5. The van der Waals surface area contributed by atoms with Crippen LogP contribution >= 0.6 is 11.5 Å². The Labute approximate surface area is 112 Å². The number of anilines is 2. The average Bonchev–Trinajstić information content (AvgIpc) is 3.11. The first-order valence-electron chi connectivity index (χ1n) is 6.91. The highest BCUT2D eigenvalue weighted by Gasteiger charge is 2.30. The second-order valence-electron chi connectivity index (χ2n) is 5.65. The molecule has 4 nitrogen and oxygen atoms in total. The van der Waals surface area contributed by atoms with Gasteiger partial charge in [-0.25, -0.2) is 0 Å². The van der Waals surface area contributed by atoms with Crippen molar-refractivity contribution in [2.24, 2.45) is 5.92 Å². The molecule has 0 spiro atoms. The summed E-state index contributed by atoms with van der Waals surface area (Å²) in [6.45, 7) is 0.943. The maximum absolute atomic E-state index is 9.68. The van der Waals surface area contributed by atoms with Gasteiger partial charge in [-0.15, -0.1) is 0 Å². The van der Waals surface area contributed by atoms with E-state index in [0.717, 1.165) is 30.8 Å². The van der Waals surface area contributed by atoms with E-state index in [2.05, 4.69) is 9.69 Å². The quantitative estimate of drug-likeness (QED) is 0.784. The molecule has 1 aromatic rings. The van der Waals surface area contributed by atoms with E-state index in [1.165, 1.54) is 36.4 Å². The number of nitrogens with two attached hydrogens (primary N) is 1. The summed E-state index contributed by atoms with van der Waals surface area (Å²) in [5.41, 5.74) is 7.18. The summed E-state index contributed by atoms with van der Waals surface area (Å²) < 4.78 is 4.26. The van der Waals surface area contributed by atoms with Crippen LogP contribution < -0.4 is 11.1 Å². The van der Waals surface area contributed by atoms with Crippen LogP contribution in [0, 0.1) is 5.92 Å². The molecule has 0 aliphatic heterocycles. The normalized spacial score (nSPS) is 28.3. The van der Waals surface area contributed by atoms with Gasteiger partial charge in [-0.2, -0.15) is 4.37 Å². The number of nitrogens with zero attached hydrogens (tertiary/aromatic N) is 1. The Morgan fingerprint density at radius 2 is 2.17 bits per heavy atom. The summed E-state index contributed by atoms with van der Waals surface area (Å²) in [6, 6.07) is 0. The van der Waals surface area contributed by atoms with Gasteiger partial charge in [0, 0.05) is 12.1 Å². The van der Waals surface area contributed by atoms with Crippen molar-refractivity contribution >= 4 is 22.4 Å². The molecule has 2 aliphatic carbocycles. The number of aliphatic hydroxyl groups is 1. The molecule has 2 unspecified atom stereocenters. The highest BCUT2D eigenvalue weighted by Crippen LogP contribution is 2.47. The van der Waals surface area contributed by atoms with E-state index in [1.54, 1.807) is 0 Å². The average molecular weight is 267 g/mol. The summed E-state index contributed by atoms with van der Waals surface area (Å²) >= 11 is 1.49. The third-order valence-corrected chi connectivity index (χ3v) is 4.88. The minimum atomic E-state index is -0.0972. The molecule has 0 saturated heterocycles. The van der Waals surface area contributed by atoms with Crippen LogP contribution in [0.5, 0.6) is 0 Å². The molecule has 0 aromatic carbocycles. The van der Waals surface area contributed by atoms with Crippen molar-refractivity contribution in [1.82, 2.24) is 4.37 Å². The van der Waals surface area contributed by atoms with Gasteiger partial charge in [-0.3, -0.25) is 0 Å². The van der Waals surface area contributed by atoms with Gasteiger partial charge in [0.15, 0.2) is 0 Å². The number of aliphatic hydroxyl groups excluding tert-OH is 1. The summed E-state index contributed by atoms with van der Waals surface area (Å²) in [4.78, 5) is 0. The maximum atomic E-state index is 9.68. The molecule has 1 aromatic heterocycles. The van der Waals surface area contributed by atoms with Crippen LogP contribution in [0.3, 0.4) is 0 Å². The molecule has 3 rings (SSSR count). The standard InChI is InChI=1S/C13H21N3OS/c14-12-11(9-4-5-9)13(18-16-12)15-7-8-2-1-3-10(17)6-8/h8-10,15,17H,1-7H2,(H2,14,16). The SMILES string of the molecule is Nc1nsc(NCC2CCCC(O)C2)c1C1CC1. The van der Waals surface area contributed by atoms with Crippen LogP contribution in [0.4, 0.5) is 10.8 Å². The van der Waals surface area contributed by atoms with E-state index in [1.807, 2.05) is 0 Å². The minimum Gasteiger partial charge on any atom is -0.393 e. The molecule has 0 bridgehead atoms. The van der Waals surface area contributed by atoms with Crippen molar-refractivity contribution in [3.05, 3.63) is 5.56 Å². The van der Waals surface area contributed by atoms with Crippen molar-refractivity contribution in [2.75, 3.05) is 17.6 Å². The molecule has 0 radical (unpaired) electrons. The number of nitrogen functional groups attached to an aromatic ring is 1. The fourth-order valence-electron chi connectivity index (χ4n) is 2.89. The highest BCUT2D eigenvalue weighted by molar-refractivity contribution is 7.10. The topological polar surface area (TPSA) is 71.2 Å². The van der Waals surface area contributed by atoms with Gasteiger partial charge < -0.3 is 16.2 Å². The van der Waals surface area contributed by atoms with Gasteiger partial charge in [0.25, 0.3) is 0 Å². The van der Waals surface area contributed by atoms with E-state index >= 15 is 0 Å². The van der Waals surface area contributed by atoms with Crippen LogP contribution in [-0.4, -0.2) is 22.1 Å². The molecule has 2 saturated carbocycles. The molecule has 5 heteroatoms.